The number of aromatic nitrogens is 1. The first kappa shape index (κ1) is 23.7. The van der Waals surface area contributed by atoms with Gasteiger partial charge in [-0.3, -0.25) is 9.88 Å². The lowest BCUT2D eigenvalue weighted by Gasteiger charge is -2.38. The normalized spacial score (nSPS) is 16.1. The van der Waals surface area contributed by atoms with Crippen LogP contribution in [0.3, 0.4) is 0 Å². The van der Waals surface area contributed by atoms with E-state index in [0.717, 1.165) is 38.0 Å². The second kappa shape index (κ2) is 11.1. The first-order valence-corrected chi connectivity index (χ1v) is 13.1. The number of hydrogen-bond donors (Lipinski definition) is 0. The van der Waals surface area contributed by atoms with Crippen molar-refractivity contribution in [3.63, 3.8) is 0 Å². The second-order valence-corrected chi connectivity index (χ2v) is 9.53. The van der Waals surface area contributed by atoms with Gasteiger partial charge in [-0.25, -0.2) is 0 Å². The zero-order valence-corrected chi connectivity index (χ0v) is 21.0. The van der Waals surface area contributed by atoms with Crippen LogP contribution in [-0.2, 0) is 25.8 Å². The lowest BCUT2D eigenvalue weighted by molar-refractivity contribution is 0.163. The van der Waals surface area contributed by atoms with Gasteiger partial charge in [0.1, 0.15) is 0 Å². The number of rotatable bonds is 9. The third-order valence-electron chi connectivity index (χ3n) is 7.43. The van der Waals surface area contributed by atoms with Crippen molar-refractivity contribution >= 4 is 0 Å². The Labute approximate surface area is 201 Å². The predicted molar refractivity (Wildman–Crippen MR) is 141 cm³/mol. The number of nitrogens with zero attached hydrogens (tertiary/aromatic N) is 2. The predicted octanol–water partition coefficient (Wildman–Crippen LogP) is 7.86. The van der Waals surface area contributed by atoms with Crippen LogP contribution in [0.2, 0.25) is 0 Å². The van der Waals surface area contributed by atoms with Crippen LogP contribution in [0.5, 0.6) is 0 Å². The van der Waals surface area contributed by atoms with Crippen LogP contribution in [0, 0.1) is 6.92 Å². The highest BCUT2D eigenvalue weighted by atomic mass is 15.2. The summed E-state index contributed by atoms with van der Waals surface area (Å²) >= 11 is 0. The van der Waals surface area contributed by atoms with Gasteiger partial charge in [0.2, 0.25) is 0 Å². The third-order valence-corrected chi connectivity index (χ3v) is 7.43. The van der Waals surface area contributed by atoms with Crippen LogP contribution in [0.15, 0.2) is 54.6 Å². The van der Waals surface area contributed by atoms with Crippen molar-refractivity contribution in [1.29, 1.82) is 0 Å². The van der Waals surface area contributed by atoms with E-state index in [9.17, 15) is 0 Å². The van der Waals surface area contributed by atoms with Crippen LogP contribution in [0.1, 0.15) is 86.0 Å². The Morgan fingerprint density at radius 2 is 1.61 bits per heavy atom. The molecule has 4 rings (SSSR count). The number of pyridine rings is 1. The minimum absolute atomic E-state index is 0.521. The van der Waals surface area contributed by atoms with Crippen LogP contribution < -0.4 is 0 Å². The molecular weight excluding hydrogens is 400 g/mol. The van der Waals surface area contributed by atoms with Crippen molar-refractivity contribution < 1.29 is 0 Å². The van der Waals surface area contributed by atoms with Gasteiger partial charge in [0.25, 0.3) is 0 Å². The molecule has 1 unspecified atom stereocenters. The molecule has 0 radical (unpaired) electrons. The highest BCUT2D eigenvalue weighted by Crippen LogP contribution is 2.35. The summed E-state index contributed by atoms with van der Waals surface area (Å²) in [6.07, 6.45) is 8.37. The van der Waals surface area contributed by atoms with E-state index in [2.05, 4.69) is 87.2 Å². The fraction of sp³-hybridized carbons (Fsp3) is 0.452. The van der Waals surface area contributed by atoms with Gasteiger partial charge < -0.3 is 0 Å². The maximum atomic E-state index is 5.14. The van der Waals surface area contributed by atoms with Gasteiger partial charge in [0, 0.05) is 30.4 Å². The smallest absolute Gasteiger partial charge is 0.0710 e. The number of hydrogen-bond acceptors (Lipinski definition) is 2. The van der Waals surface area contributed by atoms with Gasteiger partial charge in [-0.1, -0.05) is 88.6 Å². The van der Waals surface area contributed by atoms with Crippen molar-refractivity contribution in [2.45, 2.75) is 85.2 Å². The molecule has 0 N–H and O–H groups in total. The molecule has 3 aromatic rings. The summed E-state index contributed by atoms with van der Waals surface area (Å²) in [7, 11) is 0. The molecule has 0 bridgehead atoms. The number of fused-ring (bicyclic) bond motifs is 1. The molecular formula is C31H40N2. The van der Waals surface area contributed by atoms with Gasteiger partial charge in [0.05, 0.1) is 5.69 Å². The molecule has 1 atom stereocenters. The molecule has 0 aliphatic carbocycles. The second-order valence-electron chi connectivity index (χ2n) is 9.53. The summed E-state index contributed by atoms with van der Waals surface area (Å²) in [6, 6.07) is 20.9. The summed E-state index contributed by atoms with van der Waals surface area (Å²) in [6.45, 7) is 11.1. The van der Waals surface area contributed by atoms with E-state index >= 15 is 0 Å². The standard InChI is InChI=1S/C31H40N2/c1-5-8-9-17-30-28-16-11-10-13-26(28)20-21-33(30)22-27-18-19-29(32-23(27)4)31-24(6-2)14-12-15-25(31)7-3/h10-16,18-19,30H,5-9,17,20-22H2,1-4H3. The van der Waals surface area contributed by atoms with Crippen LogP contribution in [0.25, 0.3) is 11.3 Å². The van der Waals surface area contributed by atoms with Crippen molar-refractivity contribution in [2.75, 3.05) is 6.54 Å². The molecule has 0 spiro atoms. The Morgan fingerprint density at radius 3 is 2.30 bits per heavy atom. The summed E-state index contributed by atoms with van der Waals surface area (Å²) in [5.41, 5.74) is 10.9. The van der Waals surface area contributed by atoms with E-state index in [1.165, 1.54) is 53.6 Å². The molecule has 2 nitrogen and oxygen atoms in total. The molecule has 0 fully saturated rings. The lowest BCUT2D eigenvalue weighted by Crippen LogP contribution is -2.35. The topological polar surface area (TPSA) is 16.1 Å². The molecule has 2 heterocycles. The quantitative estimate of drug-likeness (QED) is 0.315. The maximum absolute atomic E-state index is 5.14. The molecule has 1 aromatic heterocycles. The number of unbranched alkanes of at least 4 members (excludes halogenated alkanes) is 2. The highest BCUT2D eigenvalue weighted by Gasteiger charge is 2.27. The lowest BCUT2D eigenvalue weighted by atomic mass is 9.89. The van der Waals surface area contributed by atoms with Crippen molar-refractivity contribution in [2.24, 2.45) is 0 Å². The van der Waals surface area contributed by atoms with Gasteiger partial charge in [-0.15, -0.1) is 0 Å². The third kappa shape index (κ3) is 5.22. The van der Waals surface area contributed by atoms with E-state index in [1.807, 2.05) is 0 Å². The summed E-state index contributed by atoms with van der Waals surface area (Å²) < 4.78 is 0. The van der Waals surface area contributed by atoms with Crippen LogP contribution in [0.4, 0.5) is 0 Å². The zero-order valence-electron chi connectivity index (χ0n) is 21.0. The fourth-order valence-corrected chi connectivity index (χ4v) is 5.51. The van der Waals surface area contributed by atoms with Crippen molar-refractivity contribution in [1.82, 2.24) is 9.88 Å². The van der Waals surface area contributed by atoms with E-state index in [0.29, 0.717) is 6.04 Å². The van der Waals surface area contributed by atoms with E-state index in [1.54, 1.807) is 11.1 Å². The summed E-state index contributed by atoms with van der Waals surface area (Å²) in [4.78, 5) is 7.85. The molecule has 0 saturated heterocycles. The Bertz CT molecular complexity index is 1050. The largest absolute Gasteiger partial charge is 0.292 e. The minimum atomic E-state index is 0.521. The Kier molecular flexibility index (Phi) is 7.98. The maximum Gasteiger partial charge on any atom is 0.0710 e. The first-order chi connectivity index (χ1) is 16.2. The molecule has 0 saturated carbocycles. The van der Waals surface area contributed by atoms with Crippen LogP contribution >= 0.6 is 0 Å². The Balaban J connectivity index is 1.60. The fourth-order valence-electron chi connectivity index (χ4n) is 5.51. The molecule has 2 heteroatoms. The molecule has 174 valence electrons. The molecule has 2 aromatic carbocycles. The molecule has 1 aliphatic heterocycles. The van der Waals surface area contributed by atoms with Gasteiger partial charge in [0.15, 0.2) is 0 Å². The minimum Gasteiger partial charge on any atom is -0.292 e. The number of aryl methyl sites for hydroxylation is 3. The van der Waals surface area contributed by atoms with E-state index in [4.69, 9.17) is 4.98 Å². The zero-order chi connectivity index (χ0) is 23.2. The Hall–Kier alpha value is -2.45. The highest BCUT2D eigenvalue weighted by molar-refractivity contribution is 5.68. The van der Waals surface area contributed by atoms with Crippen molar-refractivity contribution in [3.05, 3.63) is 88.1 Å². The molecule has 33 heavy (non-hydrogen) atoms. The summed E-state index contributed by atoms with van der Waals surface area (Å²) in [5.74, 6) is 0. The van der Waals surface area contributed by atoms with E-state index in [-0.39, 0.29) is 0 Å². The first-order valence-electron chi connectivity index (χ1n) is 13.1. The van der Waals surface area contributed by atoms with Gasteiger partial charge >= 0.3 is 0 Å². The SMILES string of the molecule is CCCCCC1c2ccccc2CCN1Cc1ccc(-c2c(CC)cccc2CC)nc1C. The van der Waals surface area contributed by atoms with Crippen LogP contribution in [-0.4, -0.2) is 16.4 Å². The Morgan fingerprint density at radius 1 is 0.848 bits per heavy atom. The average Bonchev–Trinajstić information content (AvgIpc) is 2.85. The van der Waals surface area contributed by atoms with Crippen molar-refractivity contribution in [3.8, 4) is 11.3 Å². The summed E-state index contributed by atoms with van der Waals surface area (Å²) in [5, 5.41) is 0. The molecule has 0 amide bonds. The van der Waals surface area contributed by atoms with E-state index < -0.39 is 0 Å². The number of benzene rings is 2. The molecule has 1 aliphatic rings. The monoisotopic (exact) mass is 440 g/mol. The average molecular weight is 441 g/mol. The van der Waals surface area contributed by atoms with Gasteiger partial charge in [-0.05, 0) is 66.5 Å². The van der Waals surface area contributed by atoms with Gasteiger partial charge in [-0.2, -0.15) is 0 Å².